The molecule has 0 aliphatic rings. The van der Waals surface area contributed by atoms with Crippen LogP contribution in [0.4, 0.5) is 5.69 Å². The summed E-state index contributed by atoms with van der Waals surface area (Å²) >= 11 is 5.23. The molecule has 0 atom stereocenters. The number of carbonyl (C=O) groups is 1. The molecular weight excluding hydrogens is 416 g/mol. The molecule has 8 nitrogen and oxygen atoms in total. The Morgan fingerprint density at radius 3 is 2.68 bits per heavy atom. The van der Waals surface area contributed by atoms with E-state index in [9.17, 15) is 4.79 Å². The van der Waals surface area contributed by atoms with Crippen LogP contribution in [0.3, 0.4) is 0 Å². The number of pyridine rings is 1. The van der Waals surface area contributed by atoms with Gasteiger partial charge in [-0.15, -0.1) is 0 Å². The number of aromatic nitrogens is 1. The molecule has 2 aromatic carbocycles. The molecule has 3 rings (SSSR count). The molecule has 9 heteroatoms. The number of esters is 1. The maximum atomic E-state index is 12.2. The number of nitrogens with one attached hydrogen (secondary N) is 2. The van der Waals surface area contributed by atoms with Gasteiger partial charge in [0.05, 0.1) is 26.0 Å². The lowest BCUT2D eigenvalue weighted by molar-refractivity contribution is 0.0729. The molecular formula is C22H20N4O4S. The van der Waals surface area contributed by atoms with Gasteiger partial charge in [0.25, 0.3) is 0 Å². The van der Waals surface area contributed by atoms with Gasteiger partial charge in [0.2, 0.25) is 0 Å². The molecule has 1 heterocycles. The molecule has 0 bridgehead atoms. The van der Waals surface area contributed by atoms with E-state index in [-0.39, 0.29) is 5.75 Å². The highest BCUT2D eigenvalue weighted by Gasteiger charge is 2.12. The quantitative estimate of drug-likeness (QED) is 0.191. The fraction of sp³-hybridized carbons (Fsp3) is 0.0909. The average Bonchev–Trinajstić information content (AvgIpc) is 2.80. The molecule has 0 radical (unpaired) electrons. The molecule has 31 heavy (non-hydrogen) atoms. The Labute approximate surface area is 184 Å². The van der Waals surface area contributed by atoms with Crippen LogP contribution in [0, 0.1) is 0 Å². The van der Waals surface area contributed by atoms with Gasteiger partial charge in [0.1, 0.15) is 5.75 Å². The predicted octanol–water partition coefficient (Wildman–Crippen LogP) is 3.64. The van der Waals surface area contributed by atoms with Crippen LogP contribution in [0.2, 0.25) is 0 Å². The summed E-state index contributed by atoms with van der Waals surface area (Å²) in [6.45, 7) is 0. The van der Waals surface area contributed by atoms with Crippen molar-refractivity contribution in [3.05, 3.63) is 78.1 Å². The number of benzene rings is 2. The second-order valence-corrected chi connectivity index (χ2v) is 6.51. The van der Waals surface area contributed by atoms with E-state index in [1.807, 2.05) is 24.3 Å². The number of nitrogens with zero attached hydrogens (tertiary/aromatic N) is 2. The highest BCUT2D eigenvalue weighted by atomic mass is 32.1. The SMILES string of the molecule is COc1cccc(NC(=S)N/N=C/c2ccc(OC(=O)c3cccnc3)c(OC)c2)c1. The lowest BCUT2D eigenvalue weighted by atomic mass is 10.2. The first kappa shape index (κ1) is 21.7. The molecule has 0 unspecified atom stereocenters. The fourth-order valence-electron chi connectivity index (χ4n) is 2.52. The van der Waals surface area contributed by atoms with Crippen molar-refractivity contribution in [3.8, 4) is 17.2 Å². The molecule has 158 valence electrons. The van der Waals surface area contributed by atoms with E-state index in [1.165, 1.54) is 13.3 Å². The lowest BCUT2D eigenvalue weighted by Gasteiger charge is -2.10. The molecule has 0 saturated carbocycles. The zero-order valence-corrected chi connectivity index (χ0v) is 17.7. The zero-order valence-electron chi connectivity index (χ0n) is 16.9. The minimum atomic E-state index is -0.525. The van der Waals surface area contributed by atoms with Crippen LogP contribution in [0.15, 0.2) is 72.1 Å². The number of hydrogen-bond donors (Lipinski definition) is 2. The summed E-state index contributed by atoms with van der Waals surface area (Å²) in [4.78, 5) is 16.1. The molecule has 0 spiro atoms. The van der Waals surface area contributed by atoms with Gasteiger partial charge in [-0.1, -0.05) is 6.07 Å². The molecule has 0 saturated heterocycles. The largest absolute Gasteiger partial charge is 0.497 e. The van der Waals surface area contributed by atoms with Gasteiger partial charge in [-0.3, -0.25) is 10.4 Å². The Morgan fingerprint density at radius 2 is 1.94 bits per heavy atom. The van der Waals surface area contributed by atoms with Gasteiger partial charge in [-0.2, -0.15) is 5.10 Å². The van der Waals surface area contributed by atoms with E-state index in [4.69, 9.17) is 26.4 Å². The molecule has 0 amide bonds. The summed E-state index contributed by atoms with van der Waals surface area (Å²) in [7, 11) is 3.09. The third-order valence-electron chi connectivity index (χ3n) is 3.99. The van der Waals surface area contributed by atoms with Gasteiger partial charge < -0.3 is 19.5 Å². The first-order chi connectivity index (χ1) is 15.1. The molecule has 0 aliphatic heterocycles. The highest BCUT2D eigenvalue weighted by Crippen LogP contribution is 2.28. The molecule has 0 fully saturated rings. The maximum Gasteiger partial charge on any atom is 0.345 e. The summed E-state index contributed by atoms with van der Waals surface area (Å²) in [5.41, 5.74) is 4.57. The Kier molecular flexibility index (Phi) is 7.50. The zero-order chi connectivity index (χ0) is 22.1. The first-order valence-electron chi connectivity index (χ1n) is 9.13. The number of carbonyl (C=O) groups excluding carboxylic acids is 1. The van der Waals surface area contributed by atoms with Crippen LogP contribution in [0.25, 0.3) is 0 Å². The van der Waals surface area contributed by atoms with E-state index in [1.54, 1.807) is 49.9 Å². The van der Waals surface area contributed by atoms with Crippen molar-refractivity contribution >= 4 is 35.2 Å². The summed E-state index contributed by atoms with van der Waals surface area (Å²) in [6.07, 6.45) is 4.58. The standard InChI is InChI=1S/C22H20N4O4S/c1-28-18-7-3-6-17(12-18)25-22(31)26-24-13-15-8-9-19(20(11-15)29-2)30-21(27)16-5-4-10-23-14-16/h3-14H,1-2H3,(H2,25,26,31)/b24-13+. The second-order valence-electron chi connectivity index (χ2n) is 6.10. The van der Waals surface area contributed by atoms with Crippen molar-refractivity contribution < 1.29 is 19.0 Å². The first-order valence-corrected chi connectivity index (χ1v) is 9.54. The van der Waals surface area contributed by atoms with Crippen molar-refractivity contribution in [2.45, 2.75) is 0 Å². The van der Waals surface area contributed by atoms with E-state index in [0.717, 1.165) is 11.3 Å². The summed E-state index contributed by atoms with van der Waals surface area (Å²) < 4.78 is 15.9. The average molecular weight is 436 g/mol. The third-order valence-corrected chi connectivity index (χ3v) is 4.19. The minimum absolute atomic E-state index is 0.289. The lowest BCUT2D eigenvalue weighted by Crippen LogP contribution is -2.23. The summed E-state index contributed by atoms with van der Waals surface area (Å²) in [5, 5.41) is 7.44. The normalized spacial score (nSPS) is 10.4. The monoisotopic (exact) mass is 436 g/mol. The maximum absolute atomic E-state index is 12.2. The third kappa shape index (κ3) is 6.25. The van der Waals surface area contributed by atoms with Crippen LogP contribution in [0.1, 0.15) is 15.9 Å². The number of ether oxygens (including phenoxy) is 3. The number of hydrazone groups is 1. The number of anilines is 1. The van der Waals surface area contributed by atoms with Crippen molar-refractivity contribution in [3.63, 3.8) is 0 Å². The molecule has 0 aliphatic carbocycles. The van der Waals surface area contributed by atoms with E-state index >= 15 is 0 Å². The van der Waals surface area contributed by atoms with Crippen molar-refractivity contribution in [1.82, 2.24) is 10.4 Å². The minimum Gasteiger partial charge on any atom is -0.497 e. The van der Waals surface area contributed by atoms with Gasteiger partial charge in [-0.05, 0) is 60.2 Å². The molecule has 2 N–H and O–H groups in total. The Balaban J connectivity index is 1.60. The molecule has 1 aromatic heterocycles. The van der Waals surface area contributed by atoms with Gasteiger partial charge >= 0.3 is 5.97 Å². The van der Waals surface area contributed by atoms with Gasteiger partial charge in [0.15, 0.2) is 16.6 Å². The van der Waals surface area contributed by atoms with Gasteiger partial charge in [-0.25, -0.2) is 4.79 Å². The fourth-order valence-corrected chi connectivity index (χ4v) is 2.69. The van der Waals surface area contributed by atoms with Crippen LogP contribution in [0.5, 0.6) is 17.2 Å². The van der Waals surface area contributed by atoms with Crippen LogP contribution in [-0.2, 0) is 0 Å². The van der Waals surface area contributed by atoms with Crippen LogP contribution in [-0.4, -0.2) is 36.5 Å². The Bertz CT molecular complexity index is 1090. The molecule has 3 aromatic rings. The van der Waals surface area contributed by atoms with Crippen molar-refractivity contribution in [1.29, 1.82) is 0 Å². The second kappa shape index (κ2) is 10.7. The van der Waals surface area contributed by atoms with E-state index in [0.29, 0.717) is 22.2 Å². The number of methoxy groups -OCH3 is 2. The smallest absolute Gasteiger partial charge is 0.345 e. The van der Waals surface area contributed by atoms with E-state index in [2.05, 4.69) is 20.8 Å². The summed E-state index contributed by atoms with van der Waals surface area (Å²) in [5.74, 6) is 0.867. The van der Waals surface area contributed by atoms with Crippen molar-refractivity contribution in [2.24, 2.45) is 5.10 Å². The highest BCUT2D eigenvalue weighted by molar-refractivity contribution is 7.80. The summed E-state index contributed by atoms with van der Waals surface area (Å²) in [6, 6.07) is 15.7. The predicted molar refractivity (Wildman–Crippen MR) is 122 cm³/mol. The number of rotatable bonds is 7. The number of thiocarbonyl (C=S) groups is 1. The number of hydrogen-bond acceptors (Lipinski definition) is 7. The van der Waals surface area contributed by atoms with Crippen LogP contribution >= 0.6 is 12.2 Å². The van der Waals surface area contributed by atoms with E-state index < -0.39 is 5.97 Å². The Hall–Kier alpha value is -3.98. The topological polar surface area (TPSA) is 94.1 Å². The van der Waals surface area contributed by atoms with Gasteiger partial charge in [0, 0.05) is 24.1 Å². The van der Waals surface area contributed by atoms with Crippen LogP contribution < -0.4 is 25.0 Å². The van der Waals surface area contributed by atoms with Crippen molar-refractivity contribution in [2.75, 3.05) is 19.5 Å². The Morgan fingerprint density at radius 1 is 1.06 bits per heavy atom.